The van der Waals surface area contributed by atoms with Crippen molar-refractivity contribution in [1.82, 2.24) is 5.32 Å². The Morgan fingerprint density at radius 3 is 2.16 bits per heavy atom. The van der Waals surface area contributed by atoms with Crippen LogP contribution in [0.3, 0.4) is 0 Å². The molecular weight excluding hydrogens is 240 g/mol. The van der Waals surface area contributed by atoms with Crippen LogP contribution < -0.4 is 11.1 Å². The van der Waals surface area contributed by atoms with Gasteiger partial charge >= 0.3 is 0 Å². The standard InChI is InChI=1S/C15H28N2O2/c1-7-8-9-11(13(16)18)12(10(2)3)14(19)17-15(4,5)6/h7,10-12H,1,8-9H2,2-6H3,(H2,16,18)(H,17,19)/t11-,12+/m0/s1. The first-order valence-corrected chi connectivity index (χ1v) is 6.82. The number of nitrogens with one attached hydrogen (secondary N) is 1. The zero-order valence-electron chi connectivity index (χ0n) is 12.8. The lowest BCUT2D eigenvalue weighted by Gasteiger charge is -2.30. The number of hydrogen-bond acceptors (Lipinski definition) is 2. The Morgan fingerprint density at radius 2 is 1.84 bits per heavy atom. The SMILES string of the molecule is C=CCC[C@H](C(N)=O)[C@H](C(=O)NC(C)(C)C)C(C)C. The van der Waals surface area contributed by atoms with E-state index in [2.05, 4.69) is 11.9 Å². The average Bonchev–Trinajstić information content (AvgIpc) is 2.19. The van der Waals surface area contributed by atoms with Gasteiger partial charge in [0, 0.05) is 11.5 Å². The third kappa shape index (κ3) is 6.41. The summed E-state index contributed by atoms with van der Waals surface area (Å²) < 4.78 is 0. The molecule has 0 saturated heterocycles. The zero-order valence-corrected chi connectivity index (χ0v) is 12.8. The van der Waals surface area contributed by atoms with E-state index in [1.54, 1.807) is 6.08 Å². The number of nitrogens with two attached hydrogens (primary N) is 1. The molecule has 0 aliphatic heterocycles. The first-order chi connectivity index (χ1) is 8.60. The molecule has 0 unspecified atom stereocenters. The van der Waals surface area contributed by atoms with Gasteiger partial charge in [-0.2, -0.15) is 0 Å². The van der Waals surface area contributed by atoms with E-state index in [9.17, 15) is 9.59 Å². The van der Waals surface area contributed by atoms with E-state index in [-0.39, 0.29) is 17.4 Å². The van der Waals surface area contributed by atoms with Crippen LogP contribution in [0.5, 0.6) is 0 Å². The molecule has 4 nitrogen and oxygen atoms in total. The molecule has 0 heterocycles. The molecule has 0 spiro atoms. The number of carbonyl (C=O) groups excluding carboxylic acids is 2. The van der Waals surface area contributed by atoms with Gasteiger partial charge in [0.15, 0.2) is 0 Å². The monoisotopic (exact) mass is 268 g/mol. The summed E-state index contributed by atoms with van der Waals surface area (Å²) in [5.41, 5.74) is 5.15. The predicted octanol–water partition coefficient (Wildman–Crippen LogP) is 2.24. The molecule has 110 valence electrons. The number of hydrogen-bond donors (Lipinski definition) is 2. The Balaban J connectivity index is 5.08. The van der Waals surface area contributed by atoms with Crippen LogP contribution in [0.2, 0.25) is 0 Å². The lowest BCUT2D eigenvalue weighted by molar-refractivity contribution is -0.136. The molecular formula is C15H28N2O2. The zero-order chi connectivity index (χ0) is 15.2. The van der Waals surface area contributed by atoms with Crippen LogP contribution in [0.15, 0.2) is 12.7 Å². The van der Waals surface area contributed by atoms with Gasteiger partial charge in [-0.1, -0.05) is 19.9 Å². The van der Waals surface area contributed by atoms with Crippen molar-refractivity contribution >= 4 is 11.8 Å². The maximum absolute atomic E-state index is 12.4. The summed E-state index contributed by atoms with van der Waals surface area (Å²) >= 11 is 0. The Kier molecular flexibility index (Phi) is 6.81. The van der Waals surface area contributed by atoms with E-state index >= 15 is 0 Å². The minimum absolute atomic E-state index is 0.0599. The van der Waals surface area contributed by atoms with E-state index in [0.29, 0.717) is 12.8 Å². The molecule has 19 heavy (non-hydrogen) atoms. The fourth-order valence-corrected chi connectivity index (χ4v) is 2.20. The van der Waals surface area contributed by atoms with Crippen LogP contribution >= 0.6 is 0 Å². The molecule has 0 aliphatic carbocycles. The second-order valence-electron chi connectivity index (χ2n) is 6.38. The molecule has 2 atom stereocenters. The minimum Gasteiger partial charge on any atom is -0.369 e. The summed E-state index contributed by atoms with van der Waals surface area (Å²) in [6.07, 6.45) is 2.99. The molecule has 0 fully saturated rings. The molecule has 3 N–H and O–H groups in total. The van der Waals surface area contributed by atoms with Crippen molar-refractivity contribution in [1.29, 1.82) is 0 Å². The number of allylic oxidation sites excluding steroid dienone is 1. The van der Waals surface area contributed by atoms with Crippen LogP contribution in [0.4, 0.5) is 0 Å². The third-order valence-electron chi connectivity index (χ3n) is 3.00. The lowest BCUT2D eigenvalue weighted by atomic mass is 9.79. The van der Waals surface area contributed by atoms with E-state index in [0.717, 1.165) is 0 Å². The Morgan fingerprint density at radius 1 is 1.32 bits per heavy atom. The maximum atomic E-state index is 12.4. The lowest BCUT2D eigenvalue weighted by Crippen LogP contribution is -2.49. The largest absolute Gasteiger partial charge is 0.369 e. The van der Waals surface area contributed by atoms with Gasteiger partial charge in [0.2, 0.25) is 11.8 Å². The summed E-state index contributed by atoms with van der Waals surface area (Å²) in [6, 6.07) is 0. The molecule has 0 bridgehead atoms. The van der Waals surface area contributed by atoms with Crippen molar-refractivity contribution in [2.75, 3.05) is 0 Å². The molecule has 2 amide bonds. The van der Waals surface area contributed by atoms with Crippen LogP contribution in [0.25, 0.3) is 0 Å². The highest BCUT2D eigenvalue weighted by atomic mass is 16.2. The van der Waals surface area contributed by atoms with Gasteiger partial charge in [-0.05, 0) is 39.5 Å². The molecule has 4 heteroatoms. The number of primary amides is 1. The van der Waals surface area contributed by atoms with E-state index < -0.39 is 17.7 Å². The van der Waals surface area contributed by atoms with Crippen LogP contribution in [0, 0.1) is 17.8 Å². The average molecular weight is 268 g/mol. The van der Waals surface area contributed by atoms with Crippen molar-refractivity contribution in [3.63, 3.8) is 0 Å². The summed E-state index contributed by atoms with van der Waals surface area (Å²) in [4.78, 5) is 24.0. The summed E-state index contributed by atoms with van der Waals surface area (Å²) in [5.74, 6) is -1.29. The first-order valence-electron chi connectivity index (χ1n) is 6.82. The van der Waals surface area contributed by atoms with E-state index in [1.807, 2.05) is 34.6 Å². The summed E-state index contributed by atoms with van der Waals surface area (Å²) in [7, 11) is 0. The third-order valence-corrected chi connectivity index (χ3v) is 3.00. The maximum Gasteiger partial charge on any atom is 0.224 e. The van der Waals surface area contributed by atoms with Crippen molar-refractivity contribution in [3.05, 3.63) is 12.7 Å². The van der Waals surface area contributed by atoms with Crippen LogP contribution in [-0.2, 0) is 9.59 Å². The molecule has 0 aromatic rings. The van der Waals surface area contributed by atoms with Crippen LogP contribution in [0.1, 0.15) is 47.5 Å². The smallest absolute Gasteiger partial charge is 0.224 e. The number of carbonyl (C=O) groups is 2. The Labute approximate surface area is 116 Å². The quantitative estimate of drug-likeness (QED) is 0.695. The highest BCUT2D eigenvalue weighted by molar-refractivity contribution is 5.87. The molecule has 0 aromatic carbocycles. The fraction of sp³-hybridized carbons (Fsp3) is 0.733. The minimum atomic E-state index is -0.444. The van der Waals surface area contributed by atoms with Crippen LogP contribution in [-0.4, -0.2) is 17.4 Å². The van der Waals surface area contributed by atoms with E-state index in [4.69, 9.17) is 5.73 Å². The fourth-order valence-electron chi connectivity index (χ4n) is 2.20. The molecule has 0 radical (unpaired) electrons. The number of rotatable bonds is 7. The second-order valence-corrected chi connectivity index (χ2v) is 6.38. The van der Waals surface area contributed by atoms with Gasteiger partial charge in [-0.25, -0.2) is 0 Å². The summed E-state index contributed by atoms with van der Waals surface area (Å²) in [6.45, 7) is 13.3. The molecule has 0 aliphatic rings. The van der Waals surface area contributed by atoms with Gasteiger partial charge in [0.05, 0.1) is 5.92 Å². The van der Waals surface area contributed by atoms with Crippen molar-refractivity contribution < 1.29 is 9.59 Å². The highest BCUT2D eigenvalue weighted by Crippen LogP contribution is 2.26. The van der Waals surface area contributed by atoms with Crippen molar-refractivity contribution in [2.24, 2.45) is 23.5 Å². The molecule has 0 aromatic heterocycles. The number of amides is 2. The van der Waals surface area contributed by atoms with E-state index in [1.165, 1.54) is 0 Å². The Bertz CT molecular complexity index is 330. The summed E-state index contributed by atoms with van der Waals surface area (Å²) in [5, 5.41) is 2.94. The molecule has 0 saturated carbocycles. The highest BCUT2D eigenvalue weighted by Gasteiger charge is 2.35. The molecule has 0 rings (SSSR count). The van der Waals surface area contributed by atoms with Crippen molar-refractivity contribution in [2.45, 2.75) is 53.0 Å². The Hall–Kier alpha value is -1.32. The van der Waals surface area contributed by atoms with Gasteiger partial charge in [0.1, 0.15) is 0 Å². The van der Waals surface area contributed by atoms with Gasteiger partial charge in [0.25, 0.3) is 0 Å². The topological polar surface area (TPSA) is 72.2 Å². The van der Waals surface area contributed by atoms with Gasteiger partial charge < -0.3 is 11.1 Å². The second kappa shape index (κ2) is 7.31. The van der Waals surface area contributed by atoms with Gasteiger partial charge in [-0.3, -0.25) is 9.59 Å². The van der Waals surface area contributed by atoms with Gasteiger partial charge in [-0.15, -0.1) is 6.58 Å². The normalized spacial score (nSPS) is 14.8. The predicted molar refractivity (Wildman–Crippen MR) is 78.3 cm³/mol. The first kappa shape index (κ1) is 17.7. The van der Waals surface area contributed by atoms with Crippen molar-refractivity contribution in [3.8, 4) is 0 Å².